The van der Waals surface area contributed by atoms with Gasteiger partial charge < -0.3 is 14.6 Å². The molecule has 0 radical (unpaired) electrons. The lowest BCUT2D eigenvalue weighted by molar-refractivity contribution is -0.274. The molecule has 0 bridgehead atoms. The molecule has 5 aromatic rings. The van der Waals surface area contributed by atoms with Crippen molar-refractivity contribution in [2.24, 2.45) is 4.40 Å². The van der Waals surface area contributed by atoms with Gasteiger partial charge in [-0.25, -0.2) is 14.2 Å². The lowest BCUT2D eigenvalue weighted by Crippen LogP contribution is -2.22. The number of amides is 2. The molecule has 0 saturated heterocycles. The molecule has 9 nitrogen and oxygen atoms in total. The van der Waals surface area contributed by atoms with Crippen LogP contribution in [0.2, 0.25) is 0 Å². The Morgan fingerprint density at radius 1 is 1.13 bits per heavy atom. The number of urea groups is 1. The number of halogens is 3. The molecule has 2 heterocycles. The summed E-state index contributed by atoms with van der Waals surface area (Å²) in [7, 11) is 0. The highest BCUT2D eigenvalue weighted by molar-refractivity contribution is 7.96. The summed E-state index contributed by atoms with van der Waals surface area (Å²) in [6, 6.07) is 14.7. The smallest absolute Gasteiger partial charge is 0.406 e. The van der Waals surface area contributed by atoms with Gasteiger partial charge in [-0.05, 0) is 61.2 Å². The van der Waals surface area contributed by atoms with E-state index in [-0.39, 0.29) is 5.75 Å². The molecule has 38 heavy (non-hydrogen) atoms. The molecule has 3 aromatic carbocycles. The second kappa shape index (κ2) is 10.1. The van der Waals surface area contributed by atoms with Gasteiger partial charge in [0, 0.05) is 17.3 Å². The van der Waals surface area contributed by atoms with Gasteiger partial charge in [-0.3, -0.25) is 9.29 Å². The first-order valence-corrected chi connectivity index (χ1v) is 11.9. The largest absolute Gasteiger partial charge is 0.573 e. The summed E-state index contributed by atoms with van der Waals surface area (Å²) in [6.07, 6.45) is -1.50. The first-order chi connectivity index (χ1) is 18.2. The predicted octanol–water partition coefficient (Wildman–Crippen LogP) is 6.49. The second-order valence-corrected chi connectivity index (χ2v) is 8.75. The summed E-state index contributed by atoms with van der Waals surface area (Å²) in [5, 5.41) is 8.27. The maximum Gasteiger partial charge on any atom is 0.573 e. The van der Waals surface area contributed by atoms with E-state index in [2.05, 4.69) is 29.3 Å². The van der Waals surface area contributed by atoms with Crippen LogP contribution in [0.25, 0.3) is 27.5 Å². The lowest BCUT2D eigenvalue weighted by atomic mass is 10.1. The third kappa shape index (κ3) is 5.42. The number of nitrogens with one attached hydrogen (secondary N) is 2. The number of rotatable bonds is 6. The van der Waals surface area contributed by atoms with E-state index >= 15 is 0 Å². The fourth-order valence-electron chi connectivity index (χ4n) is 3.88. The number of aryl methyl sites for hydroxylation is 2. The van der Waals surface area contributed by atoms with Crippen LogP contribution in [0.15, 0.2) is 69.8 Å². The number of alkyl halides is 3. The third-order valence-corrected chi connectivity index (χ3v) is 6.06. The lowest BCUT2D eigenvalue weighted by Gasteiger charge is -2.10. The van der Waals surface area contributed by atoms with Crippen LogP contribution in [0.4, 0.5) is 23.7 Å². The molecule has 0 spiro atoms. The van der Waals surface area contributed by atoms with Crippen molar-refractivity contribution in [2.75, 3.05) is 5.32 Å². The zero-order valence-corrected chi connectivity index (χ0v) is 20.7. The Bertz CT molecular complexity index is 1640. The Morgan fingerprint density at radius 3 is 2.63 bits per heavy atom. The van der Waals surface area contributed by atoms with Crippen LogP contribution in [0.1, 0.15) is 17.0 Å². The molecule has 13 heteroatoms. The minimum Gasteiger partial charge on any atom is -0.406 e. The number of nitrogens with zero attached hydrogens (tertiary/aromatic N) is 4. The molecule has 2 aromatic heterocycles. The Balaban J connectivity index is 1.28. The van der Waals surface area contributed by atoms with E-state index in [0.717, 1.165) is 39.5 Å². The van der Waals surface area contributed by atoms with Crippen LogP contribution in [0.5, 0.6) is 5.75 Å². The Hall–Kier alpha value is -4.52. The molecule has 0 saturated carbocycles. The van der Waals surface area contributed by atoms with Gasteiger partial charge in [0.2, 0.25) is 0 Å². The van der Waals surface area contributed by atoms with Gasteiger partial charge in [0.05, 0.1) is 23.2 Å². The van der Waals surface area contributed by atoms with Crippen molar-refractivity contribution >= 4 is 51.9 Å². The normalized spacial score (nSPS) is 11.9. The standard InChI is InChI=1S/C25H19F3N6O3S/c1-14-22(15(2)37-32-14)31-24(35)33-38-30-12-16-3-9-20-17(11-16)4-10-21-23(20)29-13-34(21)18-5-7-19(8-6-18)36-25(26,27)28/h3-13H,1-2H3,(H2,31,33,35). The first kappa shape index (κ1) is 25.1. The summed E-state index contributed by atoms with van der Waals surface area (Å²) < 4.78 is 54.8. The zero-order chi connectivity index (χ0) is 26.9. The number of aromatic nitrogens is 3. The number of ether oxygens (including phenoxy) is 1. The van der Waals surface area contributed by atoms with Gasteiger partial charge in [-0.2, -0.15) is 0 Å². The number of fused-ring (bicyclic) bond motifs is 3. The molecular formula is C25H19F3N6O3S. The fraction of sp³-hybridized carbons (Fsp3) is 0.120. The molecule has 2 N–H and O–H groups in total. The minimum atomic E-state index is -4.74. The molecule has 194 valence electrons. The number of carbonyl (C=O) groups is 1. The first-order valence-electron chi connectivity index (χ1n) is 11.1. The SMILES string of the molecule is Cc1noc(C)c1NC(=O)NSN=Cc1ccc2c(ccc3c2ncn3-c2ccc(OC(F)(F)F)cc2)c1. The van der Waals surface area contributed by atoms with E-state index in [4.69, 9.17) is 4.52 Å². The summed E-state index contributed by atoms with van der Waals surface area (Å²) in [5.74, 6) is 0.217. The predicted molar refractivity (Wildman–Crippen MR) is 139 cm³/mol. The Morgan fingerprint density at radius 2 is 1.92 bits per heavy atom. The van der Waals surface area contributed by atoms with Gasteiger partial charge in [0.25, 0.3) is 0 Å². The number of carbonyl (C=O) groups excluding carboxylic acids is 1. The molecule has 0 aliphatic rings. The summed E-state index contributed by atoms with van der Waals surface area (Å²) >= 11 is 0.872. The van der Waals surface area contributed by atoms with Crippen LogP contribution in [0, 0.1) is 13.8 Å². The molecule has 0 aliphatic carbocycles. The number of benzene rings is 3. The topological polar surface area (TPSA) is 107 Å². The maximum absolute atomic E-state index is 12.4. The molecule has 0 fully saturated rings. The molecule has 0 atom stereocenters. The highest BCUT2D eigenvalue weighted by atomic mass is 32.2. The van der Waals surface area contributed by atoms with E-state index in [1.165, 1.54) is 24.3 Å². The quantitative estimate of drug-likeness (QED) is 0.188. The van der Waals surface area contributed by atoms with Crippen molar-refractivity contribution < 1.29 is 27.2 Å². The van der Waals surface area contributed by atoms with E-state index in [9.17, 15) is 18.0 Å². The Kier molecular flexibility index (Phi) is 6.68. The summed E-state index contributed by atoms with van der Waals surface area (Å²) in [4.78, 5) is 16.6. The average Bonchev–Trinajstić information content (AvgIpc) is 3.45. The monoisotopic (exact) mass is 540 g/mol. The van der Waals surface area contributed by atoms with Gasteiger partial charge in [-0.15, -0.1) is 13.2 Å². The summed E-state index contributed by atoms with van der Waals surface area (Å²) in [6.45, 7) is 3.43. The highest BCUT2D eigenvalue weighted by Gasteiger charge is 2.31. The number of hydrogen-bond acceptors (Lipinski definition) is 7. The van der Waals surface area contributed by atoms with E-state index < -0.39 is 12.4 Å². The van der Waals surface area contributed by atoms with Gasteiger partial charge in [0.1, 0.15) is 23.5 Å². The minimum absolute atomic E-state index is 0.292. The number of anilines is 1. The van der Waals surface area contributed by atoms with Crippen LogP contribution in [-0.2, 0) is 0 Å². The molecule has 5 rings (SSSR count). The van der Waals surface area contributed by atoms with Crippen molar-refractivity contribution in [1.82, 2.24) is 19.4 Å². The van der Waals surface area contributed by atoms with Crippen LogP contribution in [-0.4, -0.2) is 33.3 Å². The maximum atomic E-state index is 12.4. The molecular weight excluding hydrogens is 521 g/mol. The second-order valence-electron chi connectivity index (χ2n) is 8.15. The van der Waals surface area contributed by atoms with Crippen molar-refractivity contribution in [3.63, 3.8) is 0 Å². The number of hydrogen-bond donors (Lipinski definition) is 2. The van der Waals surface area contributed by atoms with Crippen LogP contribution in [0.3, 0.4) is 0 Å². The van der Waals surface area contributed by atoms with E-state index in [1.54, 1.807) is 31.0 Å². The molecule has 0 unspecified atom stereocenters. The Labute approximate surface area is 217 Å². The van der Waals surface area contributed by atoms with Crippen molar-refractivity contribution in [3.8, 4) is 11.4 Å². The van der Waals surface area contributed by atoms with Gasteiger partial charge in [0.15, 0.2) is 5.76 Å². The van der Waals surface area contributed by atoms with Crippen molar-refractivity contribution in [1.29, 1.82) is 0 Å². The van der Waals surface area contributed by atoms with Crippen molar-refractivity contribution in [2.45, 2.75) is 20.2 Å². The summed E-state index contributed by atoms with van der Waals surface area (Å²) in [5.41, 5.74) is 4.10. The number of imidazole rings is 1. The van der Waals surface area contributed by atoms with Crippen LogP contribution < -0.4 is 14.8 Å². The highest BCUT2D eigenvalue weighted by Crippen LogP contribution is 2.29. The van der Waals surface area contributed by atoms with Gasteiger partial charge >= 0.3 is 12.4 Å². The fourth-order valence-corrected chi connectivity index (χ4v) is 4.24. The van der Waals surface area contributed by atoms with Crippen molar-refractivity contribution in [3.05, 3.63) is 77.9 Å². The third-order valence-electron chi connectivity index (χ3n) is 5.57. The van der Waals surface area contributed by atoms with E-state index in [1.807, 2.05) is 30.3 Å². The van der Waals surface area contributed by atoms with E-state index in [0.29, 0.717) is 22.8 Å². The zero-order valence-electron chi connectivity index (χ0n) is 19.9. The molecule has 0 aliphatic heterocycles. The average molecular weight is 541 g/mol. The van der Waals surface area contributed by atoms with Crippen LogP contribution >= 0.6 is 12.1 Å². The molecule has 2 amide bonds. The van der Waals surface area contributed by atoms with Gasteiger partial charge in [-0.1, -0.05) is 23.4 Å².